The minimum atomic E-state index is -0.403. The Labute approximate surface area is 148 Å². The molecule has 24 heavy (non-hydrogen) atoms. The lowest BCUT2D eigenvalue weighted by Crippen LogP contribution is -2.30. The molecule has 0 aliphatic heterocycles. The van der Waals surface area contributed by atoms with Crippen LogP contribution in [0.1, 0.15) is 0 Å². The first-order valence-corrected chi connectivity index (χ1v) is 8.33. The van der Waals surface area contributed by atoms with E-state index in [0.29, 0.717) is 0 Å². The molecule has 0 spiro atoms. The molecule has 1 aromatic heterocycles. The van der Waals surface area contributed by atoms with E-state index < -0.39 is 4.92 Å². The molecule has 2 aromatic carbocycles. The lowest BCUT2D eigenvalue weighted by atomic mass is 10.1. The van der Waals surface area contributed by atoms with E-state index in [-0.39, 0.29) is 5.69 Å². The lowest BCUT2D eigenvalue weighted by Gasteiger charge is -2.03. The summed E-state index contributed by atoms with van der Waals surface area (Å²) in [4.78, 5) is 10.4. The number of thiazole rings is 1. The van der Waals surface area contributed by atoms with E-state index in [0.717, 1.165) is 31.8 Å². The van der Waals surface area contributed by atoms with Crippen LogP contribution >= 0.6 is 11.3 Å². The third kappa shape index (κ3) is 2.95. The first-order chi connectivity index (χ1) is 11.5. The molecule has 0 N–H and O–H groups in total. The van der Waals surface area contributed by atoms with Crippen molar-refractivity contribution in [1.29, 1.82) is 0 Å². The van der Waals surface area contributed by atoms with Crippen molar-refractivity contribution in [2.24, 2.45) is 7.05 Å². The van der Waals surface area contributed by atoms with Gasteiger partial charge in [0.05, 0.1) is 12.0 Å². The summed E-state index contributed by atoms with van der Waals surface area (Å²) in [6, 6.07) is 14.2. The number of hydrogen-bond acceptors (Lipinski definition) is 5. The molecule has 0 radical (unpaired) electrons. The molecule has 0 unspecified atom stereocenters. The Morgan fingerprint density at radius 2 is 1.67 bits per heavy atom. The highest BCUT2D eigenvalue weighted by molar-refractivity contribution is 7.63. The van der Waals surface area contributed by atoms with Gasteiger partial charge in [-0.25, -0.2) is 4.57 Å². The fourth-order valence-corrected chi connectivity index (χ4v) is 3.98. The van der Waals surface area contributed by atoms with Gasteiger partial charge in [-0.3, -0.25) is 21.5 Å². The van der Waals surface area contributed by atoms with Crippen molar-refractivity contribution < 1.29 is 14.2 Å². The maximum Gasteiger partial charge on any atom is 0.269 e. The largest absolute Gasteiger partial charge is 0.497 e. The number of hydrogen-bond donors (Lipinski definition) is 0. The summed E-state index contributed by atoms with van der Waals surface area (Å²) in [5.41, 5.74) is 2.93. The van der Waals surface area contributed by atoms with Crippen LogP contribution in [0.15, 0.2) is 52.7 Å². The van der Waals surface area contributed by atoms with Gasteiger partial charge >= 0.3 is 0 Å². The summed E-state index contributed by atoms with van der Waals surface area (Å²) in [5.74, 6) is 0.790. The zero-order valence-electron chi connectivity index (χ0n) is 13.1. The summed E-state index contributed by atoms with van der Waals surface area (Å²) in [6.45, 7) is 0. The van der Waals surface area contributed by atoms with Gasteiger partial charge in [-0.05, 0) is 40.6 Å². The molecule has 122 valence electrons. The number of nitro benzene ring substituents is 1. The van der Waals surface area contributed by atoms with Gasteiger partial charge in [0.25, 0.3) is 5.69 Å². The number of nitro groups is 1. The fraction of sp³-hybridized carbons (Fsp3) is 0.118. The van der Waals surface area contributed by atoms with Gasteiger partial charge < -0.3 is 17.4 Å². The van der Waals surface area contributed by atoms with Crippen LogP contribution in [0.3, 0.4) is 0 Å². The Kier molecular flexibility index (Phi) is 4.46. The maximum atomic E-state index is 10.8. The van der Waals surface area contributed by atoms with Crippen molar-refractivity contribution in [3.63, 3.8) is 0 Å². The molecule has 3 aromatic rings. The first kappa shape index (κ1) is 16.4. The van der Waals surface area contributed by atoms with Gasteiger partial charge in [-0.15, -0.1) is 0 Å². The third-order valence-electron chi connectivity index (χ3n) is 3.71. The second kappa shape index (κ2) is 6.54. The zero-order chi connectivity index (χ0) is 17.3. The van der Waals surface area contributed by atoms with Gasteiger partial charge in [0.15, 0.2) is 5.01 Å². The predicted molar refractivity (Wildman–Crippen MR) is 95.2 cm³/mol. The van der Waals surface area contributed by atoms with E-state index >= 15 is 0 Å². The van der Waals surface area contributed by atoms with E-state index in [1.165, 1.54) is 23.5 Å². The number of rotatable bonds is 4. The van der Waals surface area contributed by atoms with Crippen LogP contribution in [0.4, 0.5) is 5.69 Å². The SMILES string of the molecule is COc1ccc(-c2c([S-])sc(-c3ccc([N+](=O)[O-])cc3)[n+]2C)cc1. The molecule has 0 atom stereocenters. The second-order valence-electron chi connectivity index (χ2n) is 5.13. The Morgan fingerprint density at radius 3 is 2.21 bits per heavy atom. The van der Waals surface area contributed by atoms with Crippen LogP contribution in [0.5, 0.6) is 5.75 Å². The van der Waals surface area contributed by atoms with Crippen molar-refractivity contribution in [2.45, 2.75) is 4.21 Å². The summed E-state index contributed by atoms with van der Waals surface area (Å²) in [6.07, 6.45) is 0. The predicted octanol–water partition coefficient (Wildman–Crippen LogP) is 3.73. The summed E-state index contributed by atoms with van der Waals surface area (Å²) in [5, 5.41) is 11.7. The van der Waals surface area contributed by atoms with E-state index in [1.54, 1.807) is 19.2 Å². The molecule has 1 heterocycles. The molecule has 0 aliphatic rings. The fourth-order valence-electron chi connectivity index (χ4n) is 2.48. The quantitative estimate of drug-likeness (QED) is 0.309. The topological polar surface area (TPSA) is 56.3 Å². The first-order valence-electron chi connectivity index (χ1n) is 7.10. The smallest absolute Gasteiger partial charge is 0.269 e. The van der Waals surface area contributed by atoms with Crippen LogP contribution in [-0.4, -0.2) is 12.0 Å². The summed E-state index contributed by atoms with van der Waals surface area (Å²) < 4.78 is 7.98. The molecule has 0 saturated heterocycles. The number of methoxy groups -OCH3 is 1. The molecule has 0 amide bonds. The highest BCUT2D eigenvalue weighted by atomic mass is 32.2. The maximum absolute atomic E-state index is 10.8. The zero-order valence-corrected chi connectivity index (χ0v) is 14.7. The third-order valence-corrected chi connectivity index (χ3v) is 5.24. The normalized spacial score (nSPS) is 10.6. The van der Waals surface area contributed by atoms with Gasteiger partial charge in [-0.2, -0.15) is 0 Å². The van der Waals surface area contributed by atoms with Gasteiger partial charge in [0.1, 0.15) is 12.8 Å². The molecular formula is C17H14N2O3S2. The molecule has 3 rings (SSSR count). The molecule has 0 bridgehead atoms. The minimum Gasteiger partial charge on any atom is -0.497 e. The number of ether oxygens (including phenoxy) is 1. The van der Waals surface area contributed by atoms with Crippen LogP contribution in [0, 0.1) is 10.1 Å². The summed E-state index contributed by atoms with van der Waals surface area (Å²) in [7, 11) is 3.58. The average molecular weight is 358 g/mol. The van der Waals surface area contributed by atoms with Gasteiger partial charge in [0.2, 0.25) is 5.69 Å². The van der Waals surface area contributed by atoms with Crippen LogP contribution in [0.25, 0.3) is 21.8 Å². The van der Waals surface area contributed by atoms with E-state index in [9.17, 15) is 10.1 Å². The summed E-state index contributed by atoms with van der Waals surface area (Å²) >= 11 is 7.02. The minimum absolute atomic E-state index is 0.0759. The van der Waals surface area contributed by atoms with Crippen LogP contribution in [0.2, 0.25) is 0 Å². The van der Waals surface area contributed by atoms with Crippen LogP contribution in [-0.2, 0) is 19.7 Å². The molecule has 0 saturated carbocycles. The van der Waals surface area contributed by atoms with Crippen molar-refractivity contribution >= 4 is 29.7 Å². The van der Waals surface area contributed by atoms with Gasteiger partial charge in [0, 0.05) is 23.3 Å². The number of aromatic nitrogens is 1. The number of nitrogens with zero attached hydrogens (tertiary/aromatic N) is 2. The van der Waals surface area contributed by atoms with Crippen molar-refractivity contribution in [1.82, 2.24) is 0 Å². The van der Waals surface area contributed by atoms with E-state index in [1.807, 2.05) is 35.9 Å². The van der Waals surface area contributed by atoms with Crippen molar-refractivity contribution in [2.75, 3.05) is 7.11 Å². The van der Waals surface area contributed by atoms with Gasteiger partial charge in [-0.1, -0.05) is 0 Å². The lowest BCUT2D eigenvalue weighted by molar-refractivity contribution is -0.646. The Morgan fingerprint density at radius 1 is 1.08 bits per heavy atom. The van der Waals surface area contributed by atoms with E-state index in [2.05, 4.69) is 0 Å². The van der Waals surface area contributed by atoms with E-state index in [4.69, 9.17) is 17.4 Å². The second-order valence-corrected chi connectivity index (χ2v) is 6.80. The highest BCUT2D eigenvalue weighted by Gasteiger charge is 2.18. The Balaban J connectivity index is 2.03. The molecule has 7 heteroatoms. The Hall–Kier alpha value is -2.51. The molecular weight excluding hydrogens is 344 g/mol. The molecule has 0 aliphatic carbocycles. The standard InChI is InChI=1S/C17H14N2O3S2/c1-18-15(11-5-9-14(22-2)10-6-11)17(23)24-16(18)12-3-7-13(8-4-12)19(20)21/h3-10H,1-2H3. The Bertz CT molecular complexity index is 887. The molecule has 0 fully saturated rings. The average Bonchev–Trinajstić information content (AvgIpc) is 2.89. The molecule has 5 nitrogen and oxygen atoms in total. The highest BCUT2D eigenvalue weighted by Crippen LogP contribution is 2.33. The number of benzene rings is 2. The number of non-ortho nitro benzene ring substituents is 1. The van der Waals surface area contributed by atoms with Crippen molar-refractivity contribution in [3.8, 4) is 27.6 Å². The van der Waals surface area contributed by atoms with Crippen LogP contribution < -0.4 is 9.30 Å². The monoisotopic (exact) mass is 358 g/mol. The van der Waals surface area contributed by atoms with Crippen molar-refractivity contribution in [3.05, 3.63) is 58.6 Å².